The molecule has 0 unspecified atom stereocenters. The Morgan fingerprint density at radius 2 is 1.79 bits per heavy atom. The quantitative estimate of drug-likeness (QED) is 0.649. The summed E-state index contributed by atoms with van der Waals surface area (Å²) in [5.41, 5.74) is 7.42. The van der Waals surface area contributed by atoms with E-state index in [1.807, 2.05) is 11.9 Å². The van der Waals surface area contributed by atoms with Crippen LogP contribution in [0.1, 0.15) is 50.5 Å². The molecule has 0 saturated heterocycles. The Labute approximate surface area is 171 Å². The number of aliphatic carboxylic acids is 1. The van der Waals surface area contributed by atoms with Gasteiger partial charge in [0.15, 0.2) is 0 Å². The highest BCUT2D eigenvalue weighted by Gasteiger charge is 2.35. The molecule has 2 saturated carbocycles. The molecular formula is C22H31N3O4. The number of nitrogens with two attached hydrogens (primary N) is 1. The smallest absolute Gasteiger partial charge is 0.307 e. The predicted octanol–water partition coefficient (Wildman–Crippen LogP) is 2.40. The summed E-state index contributed by atoms with van der Waals surface area (Å²) in [4.78, 5) is 38.2. The summed E-state index contributed by atoms with van der Waals surface area (Å²) < 4.78 is 0. The van der Waals surface area contributed by atoms with E-state index >= 15 is 0 Å². The lowest BCUT2D eigenvalue weighted by Gasteiger charge is -2.38. The van der Waals surface area contributed by atoms with Gasteiger partial charge < -0.3 is 21.1 Å². The molecule has 1 aromatic carbocycles. The van der Waals surface area contributed by atoms with Crippen molar-refractivity contribution in [3.8, 4) is 0 Å². The van der Waals surface area contributed by atoms with Crippen LogP contribution in [0.25, 0.3) is 0 Å². The van der Waals surface area contributed by atoms with Gasteiger partial charge in [-0.25, -0.2) is 0 Å². The number of rotatable bonds is 7. The zero-order valence-corrected chi connectivity index (χ0v) is 17.0. The maximum atomic E-state index is 12.7. The molecule has 2 aliphatic rings. The number of nitrogens with zero attached hydrogens (tertiary/aromatic N) is 1. The Balaban J connectivity index is 1.52. The summed E-state index contributed by atoms with van der Waals surface area (Å²) in [6.07, 6.45) is 6.04. The fourth-order valence-corrected chi connectivity index (χ4v) is 4.33. The minimum Gasteiger partial charge on any atom is -0.481 e. The molecule has 0 aromatic heterocycles. The van der Waals surface area contributed by atoms with Crippen LogP contribution in [-0.4, -0.2) is 46.9 Å². The van der Waals surface area contributed by atoms with Crippen molar-refractivity contribution >= 4 is 23.5 Å². The van der Waals surface area contributed by atoms with E-state index in [1.165, 1.54) is 6.42 Å². The molecule has 3 rings (SSSR count). The largest absolute Gasteiger partial charge is 0.481 e. The highest BCUT2D eigenvalue weighted by molar-refractivity contribution is 5.94. The fraction of sp³-hybridized carbons (Fsp3) is 0.591. The third-order valence-corrected chi connectivity index (χ3v) is 6.52. The van der Waals surface area contributed by atoms with E-state index in [9.17, 15) is 14.4 Å². The van der Waals surface area contributed by atoms with Gasteiger partial charge in [0.1, 0.15) is 0 Å². The molecular weight excluding hydrogens is 370 g/mol. The van der Waals surface area contributed by atoms with Crippen molar-refractivity contribution in [3.05, 3.63) is 29.8 Å². The van der Waals surface area contributed by atoms with Gasteiger partial charge >= 0.3 is 5.97 Å². The molecule has 2 amide bonds. The molecule has 7 nitrogen and oxygen atoms in total. The SMILES string of the molecule is CN(C(=O)[C@@H](N)C1CCC(C(=O)Nc2ccccc2CC(=O)O)CC1)C1CCC1. The second-order valence-corrected chi connectivity index (χ2v) is 8.39. The summed E-state index contributed by atoms with van der Waals surface area (Å²) in [5, 5.41) is 11.9. The summed E-state index contributed by atoms with van der Waals surface area (Å²) in [5.74, 6) is -1.04. The molecule has 1 atom stereocenters. The number of carbonyl (C=O) groups is 3. The van der Waals surface area contributed by atoms with Gasteiger partial charge in [-0.15, -0.1) is 0 Å². The van der Waals surface area contributed by atoms with Gasteiger partial charge in [-0.05, 0) is 62.5 Å². The highest BCUT2D eigenvalue weighted by Crippen LogP contribution is 2.33. The lowest BCUT2D eigenvalue weighted by molar-refractivity contribution is -0.137. The zero-order chi connectivity index (χ0) is 21.0. The number of carboxylic acids is 1. The molecule has 2 aliphatic carbocycles. The molecule has 2 fully saturated rings. The number of amides is 2. The van der Waals surface area contributed by atoms with Gasteiger partial charge in [0, 0.05) is 24.7 Å². The van der Waals surface area contributed by atoms with Crippen molar-refractivity contribution in [2.75, 3.05) is 12.4 Å². The van der Waals surface area contributed by atoms with Gasteiger partial charge in [0.25, 0.3) is 0 Å². The summed E-state index contributed by atoms with van der Waals surface area (Å²) >= 11 is 0. The first-order chi connectivity index (χ1) is 13.9. The number of benzene rings is 1. The van der Waals surface area contributed by atoms with Crippen LogP contribution < -0.4 is 11.1 Å². The monoisotopic (exact) mass is 401 g/mol. The van der Waals surface area contributed by atoms with Gasteiger partial charge in [-0.1, -0.05) is 18.2 Å². The number of hydrogen-bond acceptors (Lipinski definition) is 4. The second kappa shape index (κ2) is 9.39. The Morgan fingerprint density at radius 3 is 2.38 bits per heavy atom. The van der Waals surface area contributed by atoms with Crippen LogP contribution in [0.5, 0.6) is 0 Å². The first-order valence-corrected chi connectivity index (χ1v) is 10.5. The Bertz CT molecular complexity index is 754. The van der Waals surface area contributed by atoms with Crippen LogP contribution >= 0.6 is 0 Å². The maximum absolute atomic E-state index is 12.7. The van der Waals surface area contributed by atoms with E-state index < -0.39 is 12.0 Å². The van der Waals surface area contributed by atoms with Gasteiger partial charge in [-0.3, -0.25) is 14.4 Å². The number of anilines is 1. The van der Waals surface area contributed by atoms with Crippen LogP contribution in [0.15, 0.2) is 24.3 Å². The number of likely N-dealkylation sites (N-methyl/N-ethyl adjacent to an activating group) is 1. The van der Waals surface area contributed by atoms with E-state index in [0.717, 1.165) is 25.7 Å². The van der Waals surface area contributed by atoms with Crippen LogP contribution in [0.3, 0.4) is 0 Å². The predicted molar refractivity (Wildman–Crippen MR) is 110 cm³/mol. The third-order valence-electron chi connectivity index (χ3n) is 6.52. The molecule has 0 spiro atoms. The van der Waals surface area contributed by atoms with Crippen molar-refractivity contribution in [1.29, 1.82) is 0 Å². The van der Waals surface area contributed by atoms with Crippen molar-refractivity contribution in [2.45, 2.75) is 63.5 Å². The molecule has 0 bridgehead atoms. The Kier molecular flexibility index (Phi) is 6.90. The van der Waals surface area contributed by atoms with Crippen molar-refractivity contribution < 1.29 is 19.5 Å². The molecule has 0 aliphatic heterocycles. The van der Waals surface area contributed by atoms with E-state index in [1.54, 1.807) is 24.3 Å². The second-order valence-electron chi connectivity index (χ2n) is 8.39. The highest BCUT2D eigenvalue weighted by atomic mass is 16.4. The minimum atomic E-state index is -0.933. The van der Waals surface area contributed by atoms with Crippen molar-refractivity contribution in [2.24, 2.45) is 17.6 Å². The average Bonchev–Trinajstić information content (AvgIpc) is 2.66. The lowest BCUT2D eigenvalue weighted by Crippen LogP contribution is -2.52. The molecule has 0 heterocycles. The van der Waals surface area contributed by atoms with E-state index in [4.69, 9.17) is 10.8 Å². The standard InChI is InChI=1S/C22H31N3O4/c1-25(17-6-4-7-17)22(29)20(23)14-9-11-15(12-10-14)21(28)24-18-8-3-2-5-16(18)13-19(26)27/h2-3,5,8,14-15,17,20H,4,6-7,9-13,23H2,1H3,(H,24,28)(H,26,27)/t14?,15?,20-/m0/s1. The fourth-order valence-electron chi connectivity index (χ4n) is 4.33. The number of carbonyl (C=O) groups excluding carboxylic acids is 2. The van der Waals surface area contributed by atoms with Gasteiger partial charge in [0.05, 0.1) is 12.5 Å². The van der Waals surface area contributed by atoms with Gasteiger partial charge in [-0.2, -0.15) is 0 Å². The molecule has 4 N–H and O–H groups in total. The van der Waals surface area contributed by atoms with E-state index in [2.05, 4.69) is 5.32 Å². The normalized spacial score (nSPS) is 23.0. The summed E-state index contributed by atoms with van der Waals surface area (Å²) in [6, 6.07) is 6.82. The molecule has 7 heteroatoms. The average molecular weight is 402 g/mol. The Morgan fingerprint density at radius 1 is 1.14 bits per heavy atom. The van der Waals surface area contributed by atoms with Crippen molar-refractivity contribution in [3.63, 3.8) is 0 Å². The van der Waals surface area contributed by atoms with Crippen molar-refractivity contribution in [1.82, 2.24) is 4.90 Å². The van der Waals surface area contributed by atoms with Crippen LogP contribution in [0, 0.1) is 11.8 Å². The zero-order valence-electron chi connectivity index (χ0n) is 17.0. The first kappa shape index (κ1) is 21.3. The number of hydrogen-bond donors (Lipinski definition) is 3. The molecule has 158 valence electrons. The summed E-state index contributed by atoms with van der Waals surface area (Å²) in [7, 11) is 1.85. The topological polar surface area (TPSA) is 113 Å². The summed E-state index contributed by atoms with van der Waals surface area (Å²) in [6.45, 7) is 0. The number of para-hydroxylation sites is 1. The van der Waals surface area contributed by atoms with E-state index in [0.29, 0.717) is 30.1 Å². The van der Waals surface area contributed by atoms with Crippen LogP contribution in [0.4, 0.5) is 5.69 Å². The number of nitrogens with one attached hydrogen (secondary N) is 1. The minimum absolute atomic E-state index is 0.0187. The third kappa shape index (κ3) is 5.15. The lowest BCUT2D eigenvalue weighted by atomic mass is 9.77. The first-order valence-electron chi connectivity index (χ1n) is 10.5. The van der Waals surface area contributed by atoms with E-state index in [-0.39, 0.29) is 30.1 Å². The van der Waals surface area contributed by atoms with Crippen LogP contribution in [0.2, 0.25) is 0 Å². The van der Waals surface area contributed by atoms with Crippen LogP contribution in [-0.2, 0) is 20.8 Å². The number of carboxylic acid groups (broad SMARTS) is 1. The molecule has 1 aromatic rings. The van der Waals surface area contributed by atoms with Gasteiger partial charge in [0.2, 0.25) is 11.8 Å². The Hall–Kier alpha value is -2.41. The molecule has 0 radical (unpaired) electrons. The molecule has 29 heavy (non-hydrogen) atoms. The maximum Gasteiger partial charge on any atom is 0.307 e.